The number of hydrogen-bond donors (Lipinski definition) is 3. The zero-order valence-electron chi connectivity index (χ0n) is 13.1. The van der Waals surface area contributed by atoms with Crippen molar-refractivity contribution in [3.05, 3.63) is 47.4 Å². The predicted octanol–water partition coefficient (Wildman–Crippen LogP) is 1.65. The van der Waals surface area contributed by atoms with Gasteiger partial charge in [-0.15, -0.1) is 0 Å². The van der Waals surface area contributed by atoms with E-state index >= 15 is 0 Å². The van der Waals surface area contributed by atoms with E-state index in [2.05, 4.69) is 10.6 Å². The number of carbonyl (C=O) groups is 2. The Hall–Kier alpha value is -2.53. The molecule has 0 aliphatic rings. The van der Waals surface area contributed by atoms with Crippen LogP contribution in [0.25, 0.3) is 0 Å². The fourth-order valence-electron chi connectivity index (χ4n) is 1.75. The van der Waals surface area contributed by atoms with Gasteiger partial charge in [0.05, 0.1) is 0 Å². The minimum absolute atomic E-state index is 0.229. The number of benzene rings is 1. The number of halogens is 1. The topological polar surface area (TPSA) is 102 Å². The summed E-state index contributed by atoms with van der Waals surface area (Å²) in [5, 5.41) is 23.2. The number of nitriles is 1. The van der Waals surface area contributed by atoms with Gasteiger partial charge in [-0.1, -0.05) is 12.1 Å². The average molecular weight is 351 g/mol. The molecule has 128 valence electrons. The summed E-state index contributed by atoms with van der Waals surface area (Å²) in [5.74, 6) is -1.67. The van der Waals surface area contributed by atoms with Crippen LogP contribution in [-0.2, 0) is 16.1 Å². The number of carboxylic acid groups (broad SMARTS) is 1. The molecule has 1 unspecified atom stereocenters. The van der Waals surface area contributed by atoms with Crippen LogP contribution in [0.2, 0.25) is 0 Å². The minimum atomic E-state index is -1.14. The first kappa shape index (κ1) is 19.5. The van der Waals surface area contributed by atoms with Crippen molar-refractivity contribution in [2.75, 3.05) is 12.0 Å². The lowest BCUT2D eigenvalue weighted by Gasteiger charge is -2.13. The third kappa shape index (κ3) is 6.71. The number of thioether (sulfide) groups is 1. The Morgan fingerprint density at radius 3 is 2.62 bits per heavy atom. The maximum atomic E-state index is 12.8. The van der Waals surface area contributed by atoms with E-state index in [1.165, 1.54) is 30.1 Å². The van der Waals surface area contributed by atoms with Gasteiger partial charge >= 0.3 is 5.97 Å². The molecule has 0 heterocycles. The summed E-state index contributed by atoms with van der Waals surface area (Å²) in [6, 6.07) is 6.45. The van der Waals surface area contributed by atoms with Gasteiger partial charge in [0.25, 0.3) is 5.91 Å². The summed E-state index contributed by atoms with van der Waals surface area (Å²) in [6.45, 7) is 0.299. The zero-order chi connectivity index (χ0) is 17.9. The largest absolute Gasteiger partial charge is 0.480 e. The minimum Gasteiger partial charge on any atom is -0.480 e. The molecule has 1 atom stereocenters. The third-order valence-corrected chi connectivity index (χ3v) is 3.69. The molecule has 3 N–H and O–H groups in total. The summed E-state index contributed by atoms with van der Waals surface area (Å²) in [5.41, 5.74) is 0.543. The molecule has 8 heteroatoms. The molecular weight excluding hydrogens is 333 g/mol. The number of amides is 1. The highest BCUT2D eigenvalue weighted by molar-refractivity contribution is 7.98. The van der Waals surface area contributed by atoms with Gasteiger partial charge in [0, 0.05) is 12.7 Å². The number of rotatable bonds is 9. The molecule has 0 saturated heterocycles. The summed E-state index contributed by atoms with van der Waals surface area (Å²) in [7, 11) is 0. The van der Waals surface area contributed by atoms with Gasteiger partial charge in [0.15, 0.2) is 0 Å². The van der Waals surface area contributed by atoms with Crippen LogP contribution in [0.4, 0.5) is 4.39 Å². The Morgan fingerprint density at radius 2 is 2.08 bits per heavy atom. The predicted molar refractivity (Wildman–Crippen MR) is 89.5 cm³/mol. The molecule has 1 rings (SSSR count). The Balaban J connectivity index is 2.62. The van der Waals surface area contributed by atoms with Crippen LogP contribution in [0.5, 0.6) is 0 Å². The SMILES string of the molecule is CSCCC(NC(=O)/C(C#N)=C\NCc1ccc(F)cc1)C(=O)O. The van der Waals surface area contributed by atoms with Gasteiger partial charge < -0.3 is 15.7 Å². The Labute approximate surface area is 143 Å². The number of nitrogens with one attached hydrogen (secondary N) is 2. The second-order valence-electron chi connectivity index (χ2n) is 4.82. The molecule has 0 radical (unpaired) electrons. The second kappa shape index (κ2) is 10.3. The molecule has 0 aromatic heterocycles. The summed E-state index contributed by atoms with van der Waals surface area (Å²) in [4.78, 5) is 23.1. The lowest BCUT2D eigenvalue weighted by atomic mass is 10.2. The van der Waals surface area contributed by atoms with Gasteiger partial charge in [-0.25, -0.2) is 9.18 Å². The highest BCUT2D eigenvalue weighted by Gasteiger charge is 2.21. The van der Waals surface area contributed by atoms with Crippen LogP contribution in [-0.4, -0.2) is 35.0 Å². The highest BCUT2D eigenvalue weighted by atomic mass is 32.2. The van der Waals surface area contributed by atoms with Crippen LogP contribution in [0.1, 0.15) is 12.0 Å². The smallest absolute Gasteiger partial charge is 0.326 e. The Morgan fingerprint density at radius 1 is 1.42 bits per heavy atom. The van der Waals surface area contributed by atoms with E-state index < -0.39 is 17.9 Å². The van der Waals surface area contributed by atoms with Gasteiger partial charge in [-0.2, -0.15) is 17.0 Å². The zero-order valence-corrected chi connectivity index (χ0v) is 13.9. The van der Waals surface area contributed by atoms with Gasteiger partial charge in [0.1, 0.15) is 23.5 Å². The standard InChI is InChI=1S/C16H18FN3O3S/c1-24-7-6-14(16(22)23)20-15(21)12(8-18)10-19-9-11-2-4-13(17)5-3-11/h2-5,10,14,19H,6-7,9H2,1H3,(H,20,21)(H,22,23)/b12-10-. The van der Waals surface area contributed by atoms with Crippen molar-refractivity contribution < 1.29 is 19.1 Å². The number of hydrogen-bond acceptors (Lipinski definition) is 5. The van der Waals surface area contributed by atoms with Crippen LogP contribution in [0, 0.1) is 17.1 Å². The van der Waals surface area contributed by atoms with E-state index in [0.29, 0.717) is 12.3 Å². The van der Waals surface area contributed by atoms with Gasteiger partial charge in [0.2, 0.25) is 0 Å². The Bertz CT molecular complexity index is 641. The van der Waals surface area contributed by atoms with E-state index in [9.17, 15) is 14.0 Å². The Kier molecular flexibility index (Phi) is 8.36. The molecule has 0 spiro atoms. The fraction of sp³-hybridized carbons (Fsp3) is 0.312. The van der Waals surface area contributed by atoms with E-state index in [0.717, 1.165) is 5.56 Å². The molecular formula is C16H18FN3O3S. The van der Waals surface area contributed by atoms with Crippen LogP contribution >= 0.6 is 11.8 Å². The number of aliphatic carboxylic acids is 1. The van der Waals surface area contributed by atoms with Crippen molar-refractivity contribution >= 4 is 23.6 Å². The van der Waals surface area contributed by atoms with E-state index in [-0.39, 0.29) is 17.8 Å². The molecule has 0 saturated carbocycles. The van der Waals surface area contributed by atoms with Crippen molar-refractivity contribution in [1.29, 1.82) is 5.26 Å². The van der Waals surface area contributed by atoms with Gasteiger partial charge in [-0.3, -0.25) is 4.79 Å². The van der Waals surface area contributed by atoms with E-state index in [1.54, 1.807) is 18.2 Å². The second-order valence-corrected chi connectivity index (χ2v) is 5.81. The summed E-state index contributed by atoms with van der Waals surface area (Å²) in [6.07, 6.45) is 3.32. The van der Waals surface area contributed by atoms with Crippen molar-refractivity contribution in [1.82, 2.24) is 10.6 Å². The first-order chi connectivity index (χ1) is 11.5. The summed E-state index contributed by atoms with van der Waals surface area (Å²) >= 11 is 1.47. The first-order valence-electron chi connectivity index (χ1n) is 7.08. The third-order valence-electron chi connectivity index (χ3n) is 3.04. The molecule has 6 nitrogen and oxygen atoms in total. The van der Waals surface area contributed by atoms with Gasteiger partial charge in [-0.05, 0) is 36.1 Å². The van der Waals surface area contributed by atoms with Crippen molar-refractivity contribution in [2.24, 2.45) is 0 Å². The molecule has 0 aliphatic heterocycles. The van der Waals surface area contributed by atoms with Crippen LogP contribution in [0.15, 0.2) is 36.0 Å². The van der Waals surface area contributed by atoms with Crippen molar-refractivity contribution in [3.8, 4) is 6.07 Å². The number of carboxylic acids is 1. The maximum Gasteiger partial charge on any atom is 0.326 e. The summed E-state index contributed by atoms with van der Waals surface area (Å²) < 4.78 is 12.8. The van der Waals surface area contributed by atoms with E-state index in [1.807, 2.05) is 6.26 Å². The van der Waals surface area contributed by atoms with Crippen LogP contribution < -0.4 is 10.6 Å². The molecule has 0 fully saturated rings. The molecule has 1 aromatic carbocycles. The number of carbonyl (C=O) groups excluding carboxylic acids is 1. The highest BCUT2D eigenvalue weighted by Crippen LogP contribution is 2.04. The van der Waals surface area contributed by atoms with Crippen molar-refractivity contribution in [2.45, 2.75) is 19.0 Å². The normalized spacial score (nSPS) is 12.1. The lowest BCUT2D eigenvalue weighted by Crippen LogP contribution is -2.41. The van der Waals surface area contributed by atoms with E-state index in [4.69, 9.17) is 10.4 Å². The first-order valence-corrected chi connectivity index (χ1v) is 8.48. The molecule has 1 aromatic rings. The average Bonchev–Trinajstić information content (AvgIpc) is 2.56. The number of nitrogens with zero attached hydrogens (tertiary/aromatic N) is 1. The lowest BCUT2D eigenvalue weighted by molar-refractivity contribution is -0.141. The van der Waals surface area contributed by atoms with Crippen LogP contribution in [0.3, 0.4) is 0 Å². The fourth-order valence-corrected chi connectivity index (χ4v) is 2.22. The molecule has 24 heavy (non-hydrogen) atoms. The molecule has 1 amide bonds. The molecule has 0 bridgehead atoms. The van der Waals surface area contributed by atoms with Crippen molar-refractivity contribution in [3.63, 3.8) is 0 Å². The molecule has 0 aliphatic carbocycles. The quantitative estimate of drug-likeness (QED) is 0.462. The maximum absolute atomic E-state index is 12.8. The monoisotopic (exact) mass is 351 g/mol.